The van der Waals surface area contributed by atoms with Crippen LogP contribution in [-0.2, 0) is 6.42 Å². The van der Waals surface area contributed by atoms with Crippen LogP contribution in [0.5, 0.6) is 0 Å². The zero-order valence-electron chi connectivity index (χ0n) is 7.12. The van der Waals surface area contributed by atoms with Gasteiger partial charge < -0.3 is 0 Å². The first kappa shape index (κ1) is 9.85. The van der Waals surface area contributed by atoms with Crippen LogP contribution >= 0.6 is 35.6 Å². The molecule has 0 saturated carbocycles. The van der Waals surface area contributed by atoms with Crippen molar-refractivity contribution >= 4 is 45.7 Å². The molecule has 0 aliphatic carbocycles. The van der Waals surface area contributed by atoms with Crippen molar-refractivity contribution in [1.29, 1.82) is 5.26 Å². The van der Waals surface area contributed by atoms with Gasteiger partial charge in [-0.25, -0.2) is 0 Å². The molecular formula is C10H6ClNS2. The average Bonchev–Trinajstić information content (AvgIpc) is 2.55. The first-order valence-corrected chi connectivity index (χ1v) is 5.69. The van der Waals surface area contributed by atoms with Gasteiger partial charge in [-0.1, -0.05) is 17.7 Å². The highest BCUT2D eigenvalue weighted by molar-refractivity contribution is 7.80. The van der Waals surface area contributed by atoms with Gasteiger partial charge in [0, 0.05) is 15.7 Å². The first-order chi connectivity index (χ1) is 6.74. The largest absolute Gasteiger partial charge is 0.198 e. The fourth-order valence-corrected chi connectivity index (χ4v) is 3.07. The number of fused-ring (bicyclic) bond motifs is 1. The van der Waals surface area contributed by atoms with Crippen LogP contribution < -0.4 is 0 Å². The van der Waals surface area contributed by atoms with E-state index in [1.165, 1.54) is 0 Å². The molecule has 0 fully saturated rings. The van der Waals surface area contributed by atoms with E-state index in [2.05, 4.69) is 18.7 Å². The van der Waals surface area contributed by atoms with E-state index in [0.717, 1.165) is 25.6 Å². The molecule has 0 saturated heterocycles. The molecule has 0 aliphatic rings. The predicted molar refractivity (Wildman–Crippen MR) is 63.4 cm³/mol. The minimum absolute atomic E-state index is 0.401. The third-order valence-corrected chi connectivity index (χ3v) is 3.98. The molecule has 1 heterocycles. The minimum atomic E-state index is 0.401. The minimum Gasteiger partial charge on any atom is -0.198 e. The molecule has 0 amide bonds. The highest BCUT2D eigenvalue weighted by Gasteiger charge is 2.09. The van der Waals surface area contributed by atoms with Crippen molar-refractivity contribution < 1.29 is 0 Å². The number of thiol groups is 1. The van der Waals surface area contributed by atoms with Crippen molar-refractivity contribution in [3.63, 3.8) is 0 Å². The number of rotatable bonds is 1. The molecule has 2 aromatic rings. The number of hydrogen-bond donors (Lipinski definition) is 1. The molecule has 4 heteroatoms. The number of nitrogens with zero attached hydrogens (tertiary/aromatic N) is 1. The molecule has 70 valence electrons. The lowest BCUT2D eigenvalue weighted by Gasteiger charge is -2.00. The normalized spacial score (nSPS) is 10.4. The van der Waals surface area contributed by atoms with Gasteiger partial charge in [-0.2, -0.15) is 5.26 Å². The van der Waals surface area contributed by atoms with Crippen molar-refractivity contribution in [2.45, 2.75) is 11.3 Å². The Hall–Kier alpha value is -0.690. The quantitative estimate of drug-likeness (QED) is 0.750. The molecule has 1 aromatic heterocycles. The molecule has 2 rings (SSSR count). The van der Waals surface area contributed by atoms with Gasteiger partial charge in [-0.15, -0.1) is 24.0 Å². The Morgan fingerprint density at radius 3 is 3.00 bits per heavy atom. The predicted octanol–water partition coefficient (Wildman–Crippen LogP) is 3.91. The summed E-state index contributed by atoms with van der Waals surface area (Å²) >= 11 is 12.0. The zero-order valence-corrected chi connectivity index (χ0v) is 9.59. The van der Waals surface area contributed by atoms with Crippen molar-refractivity contribution in [3.05, 3.63) is 28.1 Å². The van der Waals surface area contributed by atoms with Crippen molar-refractivity contribution in [3.8, 4) is 6.07 Å². The number of thiophene rings is 1. The van der Waals surface area contributed by atoms with Gasteiger partial charge in [0.05, 0.1) is 22.2 Å². The standard InChI is InChI=1S/C10H6ClNS2/c11-7-2-1-6(3-4-12)9-8(13)5-14-10(7)9/h1-2,5,13H,3H2. The molecule has 0 unspecified atom stereocenters. The molecule has 0 atom stereocenters. The van der Waals surface area contributed by atoms with Crippen LogP contribution in [0.3, 0.4) is 0 Å². The van der Waals surface area contributed by atoms with Gasteiger partial charge in [0.2, 0.25) is 0 Å². The Morgan fingerprint density at radius 2 is 2.29 bits per heavy atom. The summed E-state index contributed by atoms with van der Waals surface area (Å²) in [7, 11) is 0. The molecule has 0 bridgehead atoms. The van der Waals surface area contributed by atoms with Crippen LogP contribution in [0.15, 0.2) is 22.4 Å². The maximum Gasteiger partial charge on any atom is 0.0669 e. The molecule has 1 aromatic carbocycles. The van der Waals surface area contributed by atoms with Gasteiger partial charge in [0.1, 0.15) is 0 Å². The van der Waals surface area contributed by atoms with E-state index in [4.69, 9.17) is 16.9 Å². The number of halogens is 1. The van der Waals surface area contributed by atoms with Gasteiger partial charge in [-0.3, -0.25) is 0 Å². The first-order valence-electron chi connectivity index (χ1n) is 3.98. The third-order valence-electron chi connectivity index (χ3n) is 2.01. The van der Waals surface area contributed by atoms with Crippen molar-refractivity contribution in [2.24, 2.45) is 0 Å². The van der Waals surface area contributed by atoms with Gasteiger partial charge >= 0.3 is 0 Å². The van der Waals surface area contributed by atoms with Crippen LogP contribution in [0.2, 0.25) is 5.02 Å². The van der Waals surface area contributed by atoms with E-state index < -0.39 is 0 Å². The van der Waals surface area contributed by atoms with E-state index >= 15 is 0 Å². The summed E-state index contributed by atoms with van der Waals surface area (Å²) in [5.74, 6) is 0. The summed E-state index contributed by atoms with van der Waals surface area (Å²) < 4.78 is 1.02. The second-order valence-electron chi connectivity index (χ2n) is 2.87. The van der Waals surface area contributed by atoms with Crippen LogP contribution in [0.1, 0.15) is 5.56 Å². The maximum atomic E-state index is 8.67. The zero-order chi connectivity index (χ0) is 10.1. The fraction of sp³-hybridized carbons (Fsp3) is 0.100. The fourth-order valence-electron chi connectivity index (χ4n) is 1.40. The molecule has 0 aliphatic heterocycles. The van der Waals surface area contributed by atoms with E-state index in [9.17, 15) is 0 Å². The Labute approximate surface area is 96.3 Å². The Morgan fingerprint density at radius 1 is 1.50 bits per heavy atom. The molecule has 0 N–H and O–H groups in total. The summed E-state index contributed by atoms with van der Waals surface area (Å²) in [6.45, 7) is 0. The second-order valence-corrected chi connectivity index (χ2v) is 4.64. The average molecular weight is 240 g/mol. The molecule has 14 heavy (non-hydrogen) atoms. The van der Waals surface area contributed by atoms with E-state index in [0.29, 0.717) is 6.42 Å². The van der Waals surface area contributed by atoms with Crippen molar-refractivity contribution in [2.75, 3.05) is 0 Å². The summed E-state index contributed by atoms with van der Waals surface area (Å²) in [4.78, 5) is 0.901. The lowest BCUT2D eigenvalue weighted by atomic mass is 10.1. The highest BCUT2D eigenvalue weighted by Crippen LogP contribution is 2.36. The van der Waals surface area contributed by atoms with Crippen LogP contribution in [0.25, 0.3) is 10.1 Å². The molecular weight excluding hydrogens is 234 g/mol. The van der Waals surface area contributed by atoms with E-state index in [1.807, 2.05) is 17.5 Å². The molecule has 0 radical (unpaired) electrons. The Bertz CT molecular complexity index is 525. The second kappa shape index (κ2) is 3.82. The van der Waals surface area contributed by atoms with E-state index in [-0.39, 0.29) is 0 Å². The van der Waals surface area contributed by atoms with Gasteiger partial charge in [0.25, 0.3) is 0 Å². The van der Waals surface area contributed by atoms with Crippen LogP contribution in [0, 0.1) is 11.3 Å². The third kappa shape index (κ3) is 1.50. The van der Waals surface area contributed by atoms with Crippen LogP contribution in [-0.4, -0.2) is 0 Å². The summed E-state index contributed by atoms with van der Waals surface area (Å²) in [5.41, 5.74) is 0.998. The molecule has 1 nitrogen and oxygen atoms in total. The lowest BCUT2D eigenvalue weighted by molar-refractivity contribution is 1.28. The van der Waals surface area contributed by atoms with E-state index in [1.54, 1.807) is 11.3 Å². The maximum absolute atomic E-state index is 8.67. The Balaban J connectivity index is 2.80. The smallest absolute Gasteiger partial charge is 0.0669 e. The topological polar surface area (TPSA) is 23.8 Å². The number of benzene rings is 1. The van der Waals surface area contributed by atoms with Crippen molar-refractivity contribution in [1.82, 2.24) is 0 Å². The van der Waals surface area contributed by atoms with Crippen LogP contribution in [0.4, 0.5) is 0 Å². The number of hydrogen-bond acceptors (Lipinski definition) is 3. The summed E-state index contributed by atoms with van der Waals surface area (Å²) in [5, 5.41) is 12.4. The van der Waals surface area contributed by atoms with Gasteiger partial charge in [-0.05, 0) is 11.6 Å². The lowest BCUT2D eigenvalue weighted by Crippen LogP contribution is -1.82. The summed E-state index contributed by atoms with van der Waals surface area (Å²) in [6, 6.07) is 5.86. The Kier molecular flexibility index (Phi) is 2.69. The highest BCUT2D eigenvalue weighted by atomic mass is 35.5. The van der Waals surface area contributed by atoms with Gasteiger partial charge in [0.15, 0.2) is 0 Å². The monoisotopic (exact) mass is 239 g/mol. The molecule has 0 spiro atoms. The SMILES string of the molecule is N#CCc1ccc(Cl)c2scc(S)c12. The number of nitriles is 1. The summed E-state index contributed by atoms with van der Waals surface area (Å²) in [6.07, 6.45) is 0.401.